The maximum absolute atomic E-state index is 12.5. The van der Waals surface area contributed by atoms with E-state index >= 15 is 0 Å². The van der Waals surface area contributed by atoms with Gasteiger partial charge in [-0.05, 0) is 31.9 Å². The van der Waals surface area contributed by atoms with E-state index in [1.165, 1.54) is 4.90 Å². The van der Waals surface area contributed by atoms with Crippen LogP contribution in [0.1, 0.15) is 19.8 Å². The Labute approximate surface area is 156 Å². The number of ether oxygens (including phenoxy) is 1. The molecule has 7 heteroatoms. The smallest absolute Gasteiger partial charge is 0.313 e. The third kappa shape index (κ3) is 4.02. The first kappa shape index (κ1) is 18.7. The van der Waals surface area contributed by atoms with Crippen LogP contribution in [-0.4, -0.2) is 47.5 Å². The molecule has 7 nitrogen and oxygen atoms in total. The standard InChI is InChI=1S/C20H22N2O5/c1-2-27-20(26)13-9-11-22(12-10-13)19(25)18(24)21-16-7-3-6-15-14(16)5-4-8-17(15)23/h3-8,13,23H,2,9-12H2,1H3,(H,21,24). The summed E-state index contributed by atoms with van der Waals surface area (Å²) in [7, 11) is 0. The van der Waals surface area contributed by atoms with Gasteiger partial charge in [-0.2, -0.15) is 0 Å². The Morgan fingerprint density at radius 1 is 1.11 bits per heavy atom. The van der Waals surface area contributed by atoms with Gasteiger partial charge in [-0.25, -0.2) is 0 Å². The third-order valence-corrected chi connectivity index (χ3v) is 4.74. The average Bonchev–Trinajstić information content (AvgIpc) is 2.68. The molecule has 27 heavy (non-hydrogen) atoms. The van der Waals surface area contributed by atoms with Crippen LogP contribution >= 0.6 is 0 Å². The molecular weight excluding hydrogens is 348 g/mol. The van der Waals surface area contributed by atoms with Gasteiger partial charge in [0.25, 0.3) is 0 Å². The Kier molecular flexibility index (Phi) is 5.59. The summed E-state index contributed by atoms with van der Waals surface area (Å²) in [5.74, 6) is -1.73. The molecule has 2 aromatic carbocycles. The number of amides is 2. The number of benzene rings is 2. The molecule has 0 aromatic heterocycles. The van der Waals surface area contributed by atoms with Crippen LogP contribution < -0.4 is 5.32 Å². The van der Waals surface area contributed by atoms with Gasteiger partial charge < -0.3 is 20.1 Å². The predicted molar refractivity (Wildman–Crippen MR) is 100 cm³/mol. The van der Waals surface area contributed by atoms with Gasteiger partial charge in [0.05, 0.1) is 12.5 Å². The van der Waals surface area contributed by atoms with Gasteiger partial charge >= 0.3 is 17.8 Å². The molecule has 0 spiro atoms. The van der Waals surface area contributed by atoms with E-state index in [9.17, 15) is 19.5 Å². The summed E-state index contributed by atoms with van der Waals surface area (Å²) in [5, 5.41) is 13.8. The summed E-state index contributed by atoms with van der Waals surface area (Å²) in [6, 6.07) is 10.1. The Morgan fingerprint density at radius 3 is 2.48 bits per heavy atom. The molecule has 1 saturated heterocycles. The molecule has 2 N–H and O–H groups in total. The number of carbonyl (C=O) groups is 3. The summed E-state index contributed by atoms with van der Waals surface area (Å²) < 4.78 is 5.01. The Hall–Kier alpha value is -3.09. The zero-order chi connectivity index (χ0) is 19.4. The van der Waals surface area contributed by atoms with Crippen molar-refractivity contribution in [3.63, 3.8) is 0 Å². The highest BCUT2D eigenvalue weighted by Crippen LogP contribution is 2.29. The number of esters is 1. The number of piperidine rings is 1. The monoisotopic (exact) mass is 370 g/mol. The van der Waals surface area contributed by atoms with Gasteiger partial charge in [-0.15, -0.1) is 0 Å². The molecular formula is C20H22N2O5. The second kappa shape index (κ2) is 8.07. The van der Waals surface area contributed by atoms with E-state index in [-0.39, 0.29) is 17.6 Å². The van der Waals surface area contributed by atoms with Crippen LogP contribution in [0.2, 0.25) is 0 Å². The first-order valence-electron chi connectivity index (χ1n) is 8.99. The number of hydrogen-bond donors (Lipinski definition) is 2. The molecule has 0 atom stereocenters. The van der Waals surface area contributed by atoms with Crippen molar-refractivity contribution in [2.24, 2.45) is 5.92 Å². The van der Waals surface area contributed by atoms with E-state index in [4.69, 9.17) is 4.74 Å². The van der Waals surface area contributed by atoms with E-state index in [0.717, 1.165) is 0 Å². The molecule has 3 rings (SSSR count). The lowest BCUT2D eigenvalue weighted by molar-refractivity contribution is -0.152. The summed E-state index contributed by atoms with van der Waals surface area (Å²) >= 11 is 0. The van der Waals surface area contributed by atoms with Crippen LogP contribution in [0.15, 0.2) is 36.4 Å². The number of phenolic OH excluding ortho intramolecular Hbond substituents is 1. The van der Waals surface area contributed by atoms with Crippen LogP contribution in [0.5, 0.6) is 5.75 Å². The normalized spacial score (nSPS) is 14.8. The number of aromatic hydroxyl groups is 1. The molecule has 0 aliphatic carbocycles. The molecule has 2 amide bonds. The molecule has 142 valence electrons. The molecule has 1 aliphatic heterocycles. The number of hydrogen-bond acceptors (Lipinski definition) is 5. The van der Waals surface area contributed by atoms with Crippen molar-refractivity contribution in [1.82, 2.24) is 4.90 Å². The highest BCUT2D eigenvalue weighted by Gasteiger charge is 2.30. The fraction of sp³-hybridized carbons (Fsp3) is 0.350. The third-order valence-electron chi connectivity index (χ3n) is 4.74. The number of carbonyl (C=O) groups excluding carboxylic acids is 3. The van der Waals surface area contributed by atoms with Crippen molar-refractivity contribution in [1.29, 1.82) is 0 Å². The van der Waals surface area contributed by atoms with E-state index in [2.05, 4.69) is 5.32 Å². The van der Waals surface area contributed by atoms with E-state index < -0.39 is 11.8 Å². The number of nitrogens with one attached hydrogen (secondary N) is 1. The molecule has 1 aliphatic rings. The van der Waals surface area contributed by atoms with Crippen LogP contribution in [0.3, 0.4) is 0 Å². The van der Waals surface area contributed by atoms with Gasteiger partial charge in [0.2, 0.25) is 0 Å². The number of nitrogens with zero attached hydrogens (tertiary/aromatic N) is 1. The minimum atomic E-state index is -0.736. The minimum Gasteiger partial charge on any atom is -0.507 e. The van der Waals surface area contributed by atoms with Crippen molar-refractivity contribution >= 4 is 34.2 Å². The van der Waals surface area contributed by atoms with Gasteiger partial charge in [-0.1, -0.05) is 24.3 Å². The first-order chi connectivity index (χ1) is 13.0. The Morgan fingerprint density at radius 2 is 1.78 bits per heavy atom. The second-order valence-corrected chi connectivity index (χ2v) is 6.45. The van der Waals surface area contributed by atoms with Crippen molar-refractivity contribution in [3.05, 3.63) is 36.4 Å². The van der Waals surface area contributed by atoms with E-state index in [0.29, 0.717) is 49.0 Å². The van der Waals surface area contributed by atoms with Crippen molar-refractivity contribution in [3.8, 4) is 5.75 Å². The maximum Gasteiger partial charge on any atom is 0.313 e. The SMILES string of the molecule is CCOC(=O)C1CCN(C(=O)C(=O)Nc2cccc3c(O)cccc23)CC1. The number of phenols is 1. The molecule has 0 saturated carbocycles. The van der Waals surface area contributed by atoms with E-state index in [1.54, 1.807) is 43.3 Å². The van der Waals surface area contributed by atoms with Crippen molar-refractivity contribution in [2.75, 3.05) is 25.0 Å². The number of rotatable bonds is 3. The lowest BCUT2D eigenvalue weighted by Crippen LogP contribution is -2.45. The lowest BCUT2D eigenvalue weighted by atomic mass is 9.97. The van der Waals surface area contributed by atoms with Crippen LogP contribution in [0, 0.1) is 5.92 Å². The van der Waals surface area contributed by atoms with Gasteiger partial charge in [0, 0.05) is 29.5 Å². The quantitative estimate of drug-likeness (QED) is 0.638. The van der Waals surface area contributed by atoms with Crippen LogP contribution in [0.4, 0.5) is 5.69 Å². The fourth-order valence-electron chi connectivity index (χ4n) is 3.30. The molecule has 1 heterocycles. The van der Waals surface area contributed by atoms with Crippen LogP contribution in [0.25, 0.3) is 10.8 Å². The van der Waals surface area contributed by atoms with Crippen molar-refractivity contribution < 1.29 is 24.2 Å². The number of anilines is 1. The van der Waals surface area contributed by atoms with Gasteiger partial charge in [0.15, 0.2) is 0 Å². The number of fused-ring (bicyclic) bond motifs is 1. The second-order valence-electron chi connectivity index (χ2n) is 6.45. The predicted octanol–water partition coefficient (Wildman–Crippen LogP) is 2.29. The lowest BCUT2D eigenvalue weighted by Gasteiger charge is -2.30. The fourth-order valence-corrected chi connectivity index (χ4v) is 3.30. The summed E-state index contributed by atoms with van der Waals surface area (Å²) in [5.41, 5.74) is 0.461. The van der Waals surface area contributed by atoms with Crippen LogP contribution in [-0.2, 0) is 19.1 Å². The molecule has 2 aromatic rings. The topological polar surface area (TPSA) is 95.9 Å². The van der Waals surface area contributed by atoms with Gasteiger partial charge in [0.1, 0.15) is 5.75 Å². The Balaban J connectivity index is 1.65. The first-order valence-corrected chi connectivity index (χ1v) is 8.99. The largest absolute Gasteiger partial charge is 0.507 e. The molecule has 0 radical (unpaired) electrons. The number of likely N-dealkylation sites (tertiary alicyclic amines) is 1. The van der Waals surface area contributed by atoms with E-state index in [1.807, 2.05) is 0 Å². The highest BCUT2D eigenvalue weighted by molar-refractivity contribution is 6.40. The highest BCUT2D eigenvalue weighted by atomic mass is 16.5. The molecule has 0 bridgehead atoms. The van der Waals surface area contributed by atoms with Crippen molar-refractivity contribution in [2.45, 2.75) is 19.8 Å². The maximum atomic E-state index is 12.5. The zero-order valence-corrected chi connectivity index (χ0v) is 15.1. The van der Waals surface area contributed by atoms with Gasteiger partial charge in [-0.3, -0.25) is 14.4 Å². The Bertz CT molecular complexity index is 872. The summed E-state index contributed by atoms with van der Waals surface area (Å²) in [6.45, 7) is 2.77. The average molecular weight is 370 g/mol. The molecule has 1 fully saturated rings. The summed E-state index contributed by atoms with van der Waals surface area (Å²) in [4.78, 5) is 38.1. The molecule has 0 unspecified atom stereocenters. The zero-order valence-electron chi connectivity index (χ0n) is 15.1. The minimum absolute atomic E-state index is 0.107. The summed E-state index contributed by atoms with van der Waals surface area (Å²) in [6.07, 6.45) is 0.972.